The number of nitrogens with one attached hydrogen (secondary N) is 2. The lowest BCUT2D eigenvalue weighted by atomic mass is 9.67. The van der Waals surface area contributed by atoms with Crippen molar-refractivity contribution in [2.24, 2.45) is 17.3 Å². The van der Waals surface area contributed by atoms with Crippen LogP contribution in [0.15, 0.2) is 30.3 Å². The van der Waals surface area contributed by atoms with Crippen molar-refractivity contribution in [1.29, 1.82) is 0 Å². The Bertz CT molecular complexity index is 607. The van der Waals surface area contributed by atoms with Crippen LogP contribution >= 0.6 is 24.8 Å². The second-order valence-electron chi connectivity index (χ2n) is 8.64. The summed E-state index contributed by atoms with van der Waals surface area (Å²) in [7, 11) is 0. The molecule has 4 nitrogen and oxygen atoms in total. The second-order valence-corrected chi connectivity index (χ2v) is 8.64. The number of amides is 1. The van der Waals surface area contributed by atoms with Gasteiger partial charge in [-0.15, -0.1) is 24.8 Å². The van der Waals surface area contributed by atoms with Crippen LogP contribution in [0, 0.1) is 17.3 Å². The molecule has 1 amide bonds. The van der Waals surface area contributed by atoms with Gasteiger partial charge in [-0.25, -0.2) is 0 Å². The first-order chi connectivity index (χ1) is 12.8. The molecule has 1 aromatic rings. The Morgan fingerprint density at radius 3 is 2.61 bits per heavy atom. The molecule has 3 fully saturated rings. The molecule has 1 aromatic carbocycles. The van der Waals surface area contributed by atoms with Crippen molar-refractivity contribution in [1.82, 2.24) is 15.5 Å². The Hall–Kier alpha value is -0.810. The van der Waals surface area contributed by atoms with Gasteiger partial charge in [0.05, 0.1) is 5.41 Å². The number of carbonyl (C=O) groups excluding carboxylic acids is 1. The molecule has 28 heavy (non-hydrogen) atoms. The Morgan fingerprint density at radius 2 is 1.86 bits per heavy atom. The molecule has 2 aliphatic heterocycles. The SMILES string of the molecule is Cl.Cl.O=C(NCC1CCN(Cc2ccccc2)CC1)[C@@]12CCCC[C@H]1CNC2. The van der Waals surface area contributed by atoms with E-state index in [0.717, 1.165) is 45.7 Å². The third-order valence-electron chi connectivity index (χ3n) is 7.00. The quantitative estimate of drug-likeness (QED) is 0.753. The first kappa shape index (κ1) is 23.5. The first-order valence-electron chi connectivity index (χ1n) is 10.5. The highest BCUT2D eigenvalue weighted by molar-refractivity contribution is 5.85. The van der Waals surface area contributed by atoms with Gasteiger partial charge in [-0.1, -0.05) is 43.2 Å². The Morgan fingerprint density at radius 1 is 1.11 bits per heavy atom. The lowest BCUT2D eigenvalue weighted by Gasteiger charge is -2.38. The van der Waals surface area contributed by atoms with Crippen LogP contribution in [-0.2, 0) is 11.3 Å². The maximum absolute atomic E-state index is 13.0. The molecule has 1 saturated carbocycles. The van der Waals surface area contributed by atoms with Gasteiger partial charge in [0, 0.05) is 19.6 Å². The molecule has 0 bridgehead atoms. The second kappa shape index (κ2) is 10.8. The molecule has 1 aliphatic carbocycles. The first-order valence-corrected chi connectivity index (χ1v) is 10.5. The van der Waals surface area contributed by atoms with Gasteiger partial charge in [0.25, 0.3) is 0 Å². The fraction of sp³-hybridized carbons (Fsp3) is 0.682. The molecule has 2 saturated heterocycles. The van der Waals surface area contributed by atoms with Gasteiger partial charge < -0.3 is 10.6 Å². The summed E-state index contributed by atoms with van der Waals surface area (Å²) in [4.78, 5) is 15.5. The molecule has 0 aromatic heterocycles. The van der Waals surface area contributed by atoms with Gasteiger partial charge in [-0.05, 0) is 62.7 Å². The van der Waals surface area contributed by atoms with E-state index in [0.29, 0.717) is 17.7 Å². The Kier molecular flexibility index (Phi) is 9.07. The van der Waals surface area contributed by atoms with E-state index in [1.165, 1.54) is 37.7 Å². The van der Waals surface area contributed by atoms with Gasteiger partial charge in [-0.3, -0.25) is 9.69 Å². The van der Waals surface area contributed by atoms with E-state index in [1.54, 1.807) is 0 Å². The molecule has 2 N–H and O–H groups in total. The summed E-state index contributed by atoms with van der Waals surface area (Å²) in [5.74, 6) is 1.53. The van der Waals surface area contributed by atoms with Crippen molar-refractivity contribution in [2.45, 2.75) is 45.1 Å². The molecule has 6 heteroatoms. The van der Waals surface area contributed by atoms with Crippen LogP contribution in [-0.4, -0.2) is 43.5 Å². The number of rotatable bonds is 5. The molecule has 0 spiro atoms. The maximum Gasteiger partial charge on any atom is 0.227 e. The normalized spacial score (nSPS) is 27.9. The Labute approximate surface area is 182 Å². The monoisotopic (exact) mass is 427 g/mol. The molecule has 0 radical (unpaired) electrons. The average molecular weight is 428 g/mol. The molecule has 4 rings (SSSR count). The minimum absolute atomic E-state index is 0. The van der Waals surface area contributed by atoms with E-state index in [4.69, 9.17) is 0 Å². The van der Waals surface area contributed by atoms with Gasteiger partial charge in [0.1, 0.15) is 0 Å². The maximum atomic E-state index is 13.0. The van der Waals surface area contributed by atoms with Crippen molar-refractivity contribution >= 4 is 30.7 Å². The highest BCUT2D eigenvalue weighted by atomic mass is 35.5. The van der Waals surface area contributed by atoms with Crippen molar-refractivity contribution < 1.29 is 4.79 Å². The van der Waals surface area contributed by atoms with E-state index in [-0.39, 0.29) is 30.2 Å². The zero-order chi connectivity index (χ0) is 17.8. The third-order valence-corrected chi connectivity index (χ3v) is 7.00. The number of halogens is 2. The summed E-state index contributed by atoms with van der Waals surface area (Å²) in [6, 6.07) is 10.7. The van der Waals surface area contributed by atoms with Gasteiger partial charge >= 0.3 is 0 Å². The van der Waals surface area contributed by atoms with Crippen LogP contribution in [0.2, 0.25) is 0 Å². The predicted molar refractivity (Wildman–Crippen MR) is 119 cm³/mol. The van der Waals surface area contributed by atoms with Crippen molar-refractivity contribution in [3.63, 3.8) is 0 Å². The number of benzene rings is 1. The molecular weight excluding hydrogens is 393 g/mol. The minimum Gasteiger partial charge on any atom is -0.355 e. The summed E-state index contributed by atoms with van der Waals surface area (Å²) >= 11 is 0. The smallest absolute Gasteiger partial charge is 0.227 e. The van der Waals surface area contributed by atoms with Crippen LogP contribution in [0.5, 0.6) is 0 Å². The topological polar surface area (TPSA) is 44.4 Å². The van der Waals surface area contributed by atoms with Crippen molar-refractivity contribution in [3.8, 4) is 0 Å². The fourth-order valence-corrected chi connectivity index (χ4v) is 5.29. The molecule has 2 atom stereocenters. The van der Waals surface area contributed by atoms with Gasteiger partial charge in [-0.2, -0.15) is 0 Å². The number of nitrogens with zero attached hydrogens (tertiary/aromatic N) is 1. The number of likely N-dealkylation sites (tertiary alicyclic amines) is 1. The highest BCUT2D eigenvalue weighted by Crippen LogP contribution is 2.43. The van der Waals surface area contributed by atoms with E-state index >= 15 is 0 Å². The van der Waals surface area contributed by atoms with Gasteiger partial charge in [0.15, 0.2) is 0 Å². The zero-order valence-corrected chi connectivity index (χ0v) is 18.3. The Balaban J connectivity index is 0.00000140. The predicted octanol–water partition coefficient (Wildman–Crippen LogP) is 3.64. The number of hydrogen-bond acceptors (Lipinski definition) is 3. The number of fused-ring (bicyclic) bond motifs is 1. The van der Waals surface area contributed by atoms with E-state index < -0.39 is 0 Å². The van der Waals surface area contributed by atoms with E-state index in [2.05, 4.69) is 45.9 Å². The number of hydrogen-bond donors (Lipinski definition) is 2. The molecule has 2 heterocycles. The van der Waals surface area contributed by atoms with Crippen molar-refractivity contribution in [3.05, 3.63) is 35.9 Å². The van der Waals surface area contributed by atoms with Crippen LogP contribution in [0.1, 0.15) is 44.1 Å². The summed E-state index contributed by atoms with van der Waals surface area (Å²) in [5, 5.41) is 6.84. The lowest BCUT2D eigenvalue weighted by molar-refractivity contribution is -0.134. The third kappa shape index (κ3) is 5.21. The molecular formula is C22H35Cl2N3O. The van der Waals surface area contributed by atoms with E-state index in [1.807, 2.05) is 0 Å². The largest absolute Gasteiger partial charge is 0.355 e. The minimum atomic E-state index is -0.105. The standard InChI is InChI=1S/C22H33N3O.2ClH/c26-21(22-11-5-4-8-20(22)15-23-17-22)24-14-18-9-12-25(13-10-18)16-19-6-2-1-3-7-19;;/h1-3,6-7,18,20,23H,4-5,8-17H2,(H,24,26);2*1H/t20-,22+;;/m0../s1. The zero-order valence-electron chi connectivity index (χ0n) is 16.7. The lowest BCUT2D eigenvalue weighted by Crippen LogP contribution is -2.49. The summed E-state index contributed by atoms with van der Waals surface area (Å²) in [6.07, 6.45) is 7.19. The summed E-state index contributed by atoms with van der Waals surface area (Å²) < 4.78 is 0. The van der Waals surface area contributed by atoms with Crippen molar-refractivity contribution in [2.75, 3.05) is 32.7 Å². The van der Waals surface area contributed by atoms with Crippen LogP contribution in [0.4, 0.5) is 0 Å². The highest BCUT2D eigenvalue weighted by Gasteiger charge is 2.49. The van der Waals surface area contributed by atoms with Crippen LogP contribution < -0.4 is 10.6 Å². The number of piperidine rings is 1. The summed E-state index contributed by atoms with van der Waals surface area (Å²) in [6.45, 7) is 6.13. The molecule has 3 aliphatic rings. The molecule has 0 unspecified atom stereocenters. The van der Waals surface area contributed by atoms with Crippen LogP contribution in [0.25, 0.3) is 0 Å². The average Bonchev–Trinajstić information content (AvgIpc) is 3.13. The summed E-state index contributed by atoms with van der Waals surface area (Å²) in [5.41, 5.74) is 1.29. The van der Waals surface area contributed by atoms with E-state index in [9.17, 15) is 4.79 Å². The van der Waals surface area contributed by atoms with Gasteiger partial charge in [0.2, 0.25) is 5.91 Å². The fourth-order valence-electron chi connectivity index (χ4n) is 5.29. The number of carbonyl (C=O) groups is 1. The van der Waals surface area contributed by atoms with Crippen LogP contribution in [0.3, 0.4) is 0 Å². The molecule has 158 valence electrons.